The van der Waals surface area contributed by atoms with Gasteiger partial charge in [-0.25, -0.2) is 0 Å². The highest BCUT2D eigenvalue weighted by atomic mass is 35.5. The molecule has 0 aliphatic heterocycles. The Morgan fingerprint density at radius 3 is 2.71 bits per heavy atom. The van der Waals surface area contributed by atoms with Gasteiger partial charge in [0.1, 0.15) is 0 Å². The van der Waals surface area contributed by atoms with E-state index < -0.39 is 0 Å². The average Bonchev–Trinajstić information content (AvgIpc) is 2.57. The summed E-state index contributed by atoms with van der Waals surface area (Å²) in [5.74, 6) is 1.05. The van der Waals surface area contributed by atoms with Crippen molar-refractivity contribution in [1.29, 1.82) is 0 Å². The van der Waals surface area contributed by atoms with Gasteiger partial charge in [0.25, 0.3) is 0 Å². The van der Waals surface area contributed by atoms with Crippen molar-refractivity contribution in [1.82, 2.24) is 15.2 Å². The monoisotopic (exact) mass is 339 g/mol. The number of halogens is 1. The van der Waals surface area contributed by atoms with E-state index in [1.807, 2.05) is 24.3 Å². The highest BCUT2D eigenvalue weighted by molar-refractivity contribution is 6.30. The van der Waals surface area contributed by atoms with E-state index in [9.17, 15) is 0 Å². The van der Waals surface area contributed by atoms with Crippen LogP contribution in [0.1, 0.15) is 18.1 Å². The lowest BCUT2D eigenvalue weighted by Gasteiger charge is -2.13. The van der Waals surface area contributed by atoms with Crippen molar-refractivity contribution in [2.75, 3.05) is 10.6 Å². The fraction of sp³-hybridized carbons (Fsp3) is 0.167. The first-order valence-corrected chi connectivity index (χ1v) is 8.11. The number of anilines is 4. The predicted molar refractivity (Wildman–Crippen MR) is 98.4 cm³/mol. The van der Waals surface area contributed by atoms with E-state index in [-0.39, 0.29) is 0 Å². The maximum atomic E-state index is 6.00. The lowest BCUT2D eigenvalue weighted by atomic mass is 10.1. The van der Waals surface area contributed by atoms with Crippen molar-refractivity contribution in [3.63, 3.8) is 0 Å². The van der Waals surface area contributed by atoms with E-state index in [0.29, 0.717) is 16.8 Å². The van der Waals surface area contributed by atoms with Crippen LogP contribution in [0.15, 0.2) is 48.7 Å². The smallest absolute Gasteiger partial charge is 0.249 e. The minimum atomic E-state index is 0.450. The normalized spacial score (nSPS) is 10.5. The number of para-hydroxylation sites is 1. The Morgan fingerprint density at radius 1 is 1.08 bits per heavy atom. The Bertz CT molecular complexity index is 850. The van der Waals surface area contributed by atoms with E-state index in [1.165, 1.54) is 5.56 Å². The van der Waals surface area contributed by atoms with E-state index in [4.69, 9.17) is 11.6 Å². The quantitative estimate of drug-likeness (QED) is 0.693. The highest BCUT2D eigenvalue weighted by Crippen LogP contribution is 2.24. The van der Waals surface area contributed by atoms with Gasteiger partial charge in [0.05, 0.1) is 6.20 Å². The molecule has 0 aliphatic rings. The summed E-state index contributed by atoms with van der Waals surface area (Å²) in [5.41, 5.74) is 4.23. The van der Waals surface area contributed by atoms with Crippen molar-refractivity contribution in [2.45, 2.75) is 20.3 Å². The van der Waals surface area contributed by atoms with Crippen LogP contribution in [-0.4, -0.2) is 15.2 Å². The molecule has 1 aromatic heterocycles. The van der Waals surface area contributed by atoms with Gasteiger partial charge in [-0.15, -0.1) is 5.10 Å². The first-order chi connectivity index (χ1) is 11.7. The molecule has 0 saturated carbocycles. The molecule has 0 spiro atoms. The molecule has 6 heteroatoms. The third-order valence-electron chi connectivity index (χ3n) is 3.63. The average molecular weight is 340 g/mol. The lowest BCUT2D eigenvalue weighted by Crippen LogP contribution is -2.05. The highest BCUT2D eigenvalue weighted by Gasteiger charge is 2.07. The van der Waals surface area contributed by atoms with Crippen LogP contribution in [0.4, 0.5) is 23.1 Å². The number of nitrogens with one attached hydrogen (secondary N) is 2. The molecule has 5 nitrogen and oxygen atoms in total. The molecule has 0 aliphatic carbocycles. The molecule has 0 radical (unpaired) electrons. The van der Waals surface area contributed by atoms with Gasteiger partial charge < -0.3 is 10.6 Å². The van der Waals surface area contributed by atoms with Gasteiger partial charge in [0.15, 0.2) is 5.82 Å². The zero-order valence-corrected chi connectivity index (χ0v) is 14.3. The standard InChI is InChI=1S/C18H18ClN5/c1-3-13-7-4-6-12(2)17(13)23-18-22-16(11-20-24-18)21-15-9-5-8-14(19)10-15/h4-11H,3H2,1-2H3,(H2,21,22,23,24). The minimum absolute atomic E-state index is 0.450. The maximum Gasteiger partial charge on any atom is 0.249 e. The second-order valence-corrected chi connectivity index (χ2v) is 5.82. The molecule has 0 amide bonds. The Kier molecular flexibility index (Phi) is 4.91. The number of nitrogens with zero attached hydrogens (tertiary/aromatic N) is 3. The number of benzene rings is 2. The molecule has 1 heterocycles. The van der Waals surface area contributed by atoms with Crippen molar-refractivity contribution >= 4 is 34.7 Å². The molecule has 0 saturated heterocycles. The number of aryl methyl sites for hydroxylation is 2. The van der Waals surface area contributed by atoms with Gasteiger partial charge in [0.2, 0.25) is 5.95 Å². The van der Waals surface area contributed by atoms with Crippen LogP contribution in [0, 0.1) is 6.92 Å². The van der Waals surface area contributed by atoms with Crippen LogP contribution < -0.4 is 10.6 Å². The molecule has 0 atom stereocenters. The Hall–Kier alpha value is -2.66. The van der Waals surface area contributed by atoms with Crippen LogP contribution >= 0.6 is 11.6 Å². The SMILES string of the molecule is CCc1cccc(C)c1Nc1nncc(Nc2cccc(Cl)c2)n1. The van der Waals surface area contributed by atoms with Gasteiger partial charge in [-0.3, -0.25) is 0 Å². The second-order valence-electron chi connectivity index (χ2n) is 5.39. The Morgan fingerprint density at radius 2 is 1.92 bits per heavy atom. The minimum Gasteiger partial charge on any atom is -0.339 e. The summed E-state index contributed by atoms with van der Waals surface area (Å²) in [6.07, 6.45) is 2.50. The number of hydrogen-bond acceptors (Lipinski definition) is 5. The topological polar surface area (TPSA) is 62.7 Å². The van der Waals surface area contributed by atoms with E-state index in [0.717, 1.165) is 23.4 Å². The van der Waals surface area contributed by atoms with Crippen molar-refractivity contribution in [3.8, 4) is 0 Å². The predicted octanol–water partition coefficient (Wildman–Crippen LogP) is 4.88. The summed E-state index contributed by atoms with van der Waals surface area (Å²) in [7, 11) is 0. The largest absolute Gasteiger partial charge is 0.339 e. The zero-order chi connectivity index (χ0) is 16.9. The fourth-order valence-electron chi connectivity index (χ4n) is 2.44. The number of rotatable bonds is 5. The summed E-state index contributed by atoms with van der Waals surface area (Å²) < 4.78 is 0. The summed E-state index contributed by atoms with van der Waals surface area (Å²) in [4.78, 5) is 4.47. The van der Waals surface area contributed by atoms with Gasteiger partial charge >= 0.3 is 0 Å². The first kappa shape index (κ1) is 16.2. The van der Waals surface area contributed by atoms with Gasteiger partial charge in [-0.2, -0.15) is 10.1 Å². The summed E-state index contributed by atoms with van der Waals surface area (Å²) in [5, 5.41) is 15.2. The summed E-state index contributed by atoms with van der Waals surface area (Å²) in [6, 6.07) is 13.6. The third kappa shape index (κ3) is 3.81. The van der Waals surface area contributed by atoms with E-state index >= 15 is 0 Å². The number of aromatic nitrogens is 3. The molecule has 0 fully saturated rings. The van der Waals surface area contributed by atoms with Crippen molar-refractivity contribution in [2.24, 2.45) is 0 Å². The summed E-state index contributed by atoms with van der Waals surface area (Å²) in [6.45, 7) is 4.18. The van der Waals surface area contributed by atoms with Gasteiger partial charge in [-0.1, -0.05) is 42.8 Å². The molecular weight excluding hydrogens is 322 g/mol. The van der Waals surface area contributed by atoms with Crippen LogP contribution in [0.3, 0.4) is 0 Å². The molecule has 2 N–H and O–H groups in total. The van der Waals surface area contributed by atoms with Gasteiger partial charge in [-0.05, 0) is 42.7 Å². The lowest BCUT2D eigenvalue weighted by molar-refractivity contribution is 0.979. The van der Waals surface area contributed by atoms with Gasteiger partial charge in [0, 0.05) is 16.4 Å². The fourth-order valence-corrected chi connectivity index (χ4v) is 2.63. The molecule has 122 valence electrons. The van der Waals surface area contributed by atoms with Crippen molar-refractivity contribution in [3.05, 3.63) is 64.8 Å². The second kappa shape index (κ2) is 7.27. The van der Waals surface area contributed by atoms with Crippen LogP contribution in [0.5, 0.6) is 0 Å². The Labute approximate surface area is 146 Å². The van der Waals surface area contributed by atoms with Crippen LogP contribution in [-0.2, 0) is 6.42 Å². The molecule has 3 aromatic rings. The van der Waals surface area contributed by atoms with Crippen molar-refractivity contribution < 1.29 is 0 Å². The molecular formula is C18H18ClN5. The van der Waals surface area contributed by atoms with E-state index in [1.54, 1.807) is 6.20 Å². The molecule has 2 aromatic carbocycles. The maximum absolute atomic E-state index is 6.00. The Balaban J connectivity index is 1.84. The van der Waals surface area contributed by atoms with Crippen LogP contribution in [0.2, 0.25) is 5.02 Å². The molecule has 3 rings (SSSR count). The first-order valence-electron chi connectivity index (χ1n) is 7.73. The third-order valence-corrected chi connectivity index (χ3v) is 3.87. The van der Waals surface area contributed by atoms with Crippen LogP contribution in [0.25, 0.3) is 0 Å². The summed E-state index contributed by atoms with van der Waals surface area (Å²) >= 11 is 6.00. The number of hydrogen-bond donors (Lipinski definition) is 2. The van der Waals surface area contributed by atoms with E-state index in [2.05, 4.69) is 57.9 Å². The molecule has 0 unspecified atom stereocenters. The zero-order valence-electron chi connectivity index (χ0n) is 13.5. The molecule has 0 bridgehead atoms. The molecule has 24 heavy (non-hydrogen) atoms.